The molecule has 2 aliphatic rings. The van der Waals surface area contributed by atoms with E-state index in [1.807, 2.05) is 24.3 Å². The lowest BCUT2D eigenvalue weighted by molar-refractivity contribution is -0.194. The molecule has 2 N–H and O–H groups in total. The Morgan fingerprint density at radius 3 is 2.36 bits per heavy atom. The quantitative estimate of drug-likeness (QED) is 0.589. The van der Waals surface area contributed by atoms with Gasteiger partial charge in [0, 0.05) is 32.0 Å². The number of amides is 2. The summed E-state index contributed by atoms with van der Waals surface area (Å²) in [6.07, 6.45) is -0.810. The van der Waals surface area contributed by atoms with Gasteiger partial charge in [0.25, 0.3) is 5.91 Å². The van der Waals surface area contributed by atoms with E-state index in [2.05, 4.69) is 29.6 Å². The number of aliphatic carboxylic acids is 1. The third-order valence-electron chi connectivity index (χ3n) is 6.00. The second-order valence-corrected chi connectivity index (χ2v) is 8.05. The summed E-state index contributed by atoms with van der Waals surface area (Å²) in [5.74, 6) is -1.98. The molecule has 2 aromatic carbocycles. The molecule has 0 bridgehead atoms. The molecule has 0 spiro atoms. The highest BCUT2D eigenvalue weighted by atomic mass is 16.7. The Balaban J connectivity index is 1.30. The van der Waals surface area contributed by atoms with E-state index in [-0.39, 0.29) is 25.0 Å². The van der Waals surface area contributed by atoms with Crippen molar-refractivity contribution in [3.8, 4) is 11.1 Å². The zero-order chi connectivity index (χ0) is 23.4. The monoisotopic (exact) mass is 454 g/mol. The zero-order valence-electron chi connectivity index (χ0n) is 18.2. The number of fused-ring (bicyclic) bond motifs is 3. The highest BCUT2D eigenvalue weighted by Crippen LogP contribution is 2.44. The summed E-state index contributed by atoms with van der Waals surface area (Å²) >= 11 is 0. The van der Waals surface area contributed by atoms with Crippen molar-refractivity contribution in [2.24, 2.45) is 5.92 Å². The Labute approximate surface area is 191 Å². The lowest BCUT2D eigenvalue weighted by atomic mass is 9.98. The van der Waals surface area contributed by atoms with Crippen LogP contribution in [-0.2, 0) is 23.9 Å². The van der Waals surface area contributed by atoms with Crippen LogP contribution in [0, 0.1) is 5.92 Å². The molecule has 1 aliphatic carbocycles. The molecule has 4 rings (SSSR count). The standard InChI is InChI=1S/C24H26N2O7/c1-26(33-14-21(27)28)23(29)22-15(10-11-31-22)12-25-24(30)32-13-20-18-8-4-2-6-16(18)17-7-3-5-9-19(17)20/h2-9,15,20,22H,10-14H2,1H3,(H,25,30)(H,27,28)/t15-,22-/m0/s1. The van der Waals surface area contributed by atoms with Crippen LogP contribution in [0.25, 0.3) is 11.1 Å². The maximum atomic E-state index is 12.5. The number of carbonyl (C=O) groups excluding carboxylic acids is 2. The van der Waals surface area contributed by atoms with Crippen molar-refractivity contribution in [2.75, 3.05) is 33.4 Å². The predicted octanol–water partition coefficient (Wildman–Crippen LogP) is 2.40. The molecule has 1 heterocycles. The zero-order valence-corrected chi connectivity index (χ0v) is 18.2. The predicted molar refractivity (Wildman–Crippen MR) is 117 cm³/mol. The third kappa shape index (κ3) is 4.99. The molecular weight excluding hydrogens is 428 g/mol. The SMILES string of the molecule is CN(OCC(=O)O)C(=O)[C@H]1OCC[C@H]1CNC(=O)OCC1c2ccccc2-c2ccccc21. The van der Waals surface area contributed by atoms with Crippen molar-refractivity contribution in [3.05, 3.63) is 59.7 Å². The number of hydrogen-bond acceptors (Lipinski definition) is 6. The number of ether oxygens (including phenoxy) is 2. The minimum Gasteiger partial charge on any atom is -0.479 e. The fourth-order valence-electron chi connectivity index (χ4n) is 4.37. The number of carbonyl (C=O) groups is 3. The first-order valence-electron chi connectivity index (χ1n) is 10.8. The minimum atomic E-state index is -1.18. The van der Waals surface area contributed by atoms with Crippen LogP contribution in [-0.4, -0.2) is 67.7 Å². The topological polar surface area (TPSA) is 114 Å². The van der Waals surface area contributed by atoms with E-state index < -0.39 is 30.7 Å². The van der Waals surface area contributed by atoms with Crippen LogP contribution in [0.2, 0.25) is 0 Å². The largest absolute Gasteiger partial charge is 0.479 e. The molecule has 9 heteroatoms. The van der Waals surface area contributed by atoms with E-state index >= 15 is 0 Å². The maximum Gasteiger partial charge on any atom is 0.407 e. The van der Waals surface area contributed by atoms with Crippen LogP contribution in [0.1, 0.15) is 23.5 Å². The minimum absolute atomic E-state index is 0.0349. The second kappa shape index (κ2) is 10.0. The van der Waals surface area contributed by atoms with Crippen LogP contribution in [0.3, 0.4) is 0 Å². The maximum absolute atomic E-state index is 12.5. The van der Waals surface area contributed by atoms with Gasteiger partial charge in [-0.05, 0) is 28.7 Å². The van der Waals surface area contributed by atoms with Crippen molar-refractivity contribution in [2.45, 2.75) is 18.4 Å². The summed E-state index contributed by atoms with van der Waals surface area (Å²) in [4.78, 5) is 40.4. The number of alkyl carbamates (subject to hydrolysis) is 1. The van der Waals surface area contributed by atoms with Crippen molar-refractivity contribution in [1.29, 1.82) is 0 Å². The Bertz CT molecular complexity index is 995. The average Bonchev–Trinajstić information content (AvgIpc) is 3.42. The van der Waals surface area contributed by atoms with E-state index in [4.69, 9.17) is 19.4 Å². The Morgan fingerprint density at radius 2 is 1.73 bits per heavy atom. The van der Waals surface area contributed by atoms with E-state index in [9.17, 15) is 14.4 Å². The number of hydroxylamine groups is 2. The molecule has 9 nitrogen and oxygen atoms in total. The number of rotatable bonds is 8. The van der Waals surface area contributed by atoms with Crippen molar-refractivity contribution < 1.29 is 33.8 Å². The first kappa shape index (κ1) is 22.8. The molecular formula is C24H26N2O7. The van der Waals surface area contributed by atoms with Gasteiger partial charge in [-0.3, -0.25) is 9.63 Å². The van der Waals surface area contributed by atoms with Crippen LogP contribution in [0.5, 0.6) is 0 Å². The fraction of sp³-hybridized carbons (Fsp3) is 0.375. The van der Waals surface area contributed by atoms with Crippen LogP contribution in [0.4, 0.5) is 4.79 Å². The van der Waals surface area contributed by atoms with Gasteiger partial charge in [-0.15, -0.1) is 0 Å². The first-order chi connectivity index (χ1) is 16.0. The highest BCUT2D eigenvalue weighted by Gasteiger charge is 2.37. The van der Waals surface area contributed by atoms with Gasteiger partial charge in [0.1, 0.15) is 12.7 Å². The summed E-state index contributed by atoms with van der Waals surface area (Å²) < 4.78 is 11.0. The Hall–Kier alpha value is -3.43. The van der Waals surface area contributed by atoms with Crippen LogP contribution < -0.4 is 5.32 Å². The number of hydrogen-bond donors (Lipinski definition) is 2. The molecule has 2 amide bonds. The van der Waals surface area contributed by atoms with Gasteiger partial charge in [0.2, 0.25) is 0 Å². The fourth-order valence-corrected chi connectivity index (χ4v) is 4.37. The molecule has 2 atom stereocenters. The number of likely N-dealkylation sites (N-methyl/N-ethyl adjacent to an activating group) is 1. The average molecular weight is 454 g/mol. The van der Waals surface area contributed by atoms with E-state index in [1.54, 1.807) is 0 Å². The summed E-state index contributed by atoms with van der Waals surface area (Å²) in [5, 5.41) is 12.3. The Morgan fingerprint density at radius 1 is 1.09 bits per heavy atom. The number of nitrogens with one attached hydrogen (secondary N) is 1. The van der Waals surface area contributed by atoms with Crippen molar-refractivity contribution in [3.63, 3.8) is 0 Å². The van der Waals surface area contributed by atoms with Gasteiger partial charge >= 0.3 is 12.1 Å². The van der Waals surface area contributed by atoms with E-state index in [0.29, 0.717) is 13.0 Å². The number of nitrogens with zero attached hydrogens (tertiary/aromatic N) is 1. The molecule has 33 heavy (non-hydrogen) atoms. The van der Waals surface area contributed by atoms with E-state index in [1.165, 1.54) is 7.05 Å². The summed E-state index contributed by atoms with van der Waals surface area (Å²) in [6, 6.07) is 16.2. The molecule has 1 saturated heterocycles. The molecule has 0 aromatic heterocycles. The molecule has 1 fully saturated rings. The van der Waals surface area contributed by atoms with Gasteiger partial charge < -0.3 is 19.9 Å². The summed E-state index contributed by atoms with van der Waals surface area (Å²) in [7, 11) is 1.34. The van der Waals surface area contributed by atoms with Crippen molar-refractivity contribution in [1.82, 2.24) is 10.4 Å². The number of carboxylic acids is 1. The number of carboxylic acid groups (broad SMARTS) is 1. The summed E-state index contributed by atoms with van der Waals surface area (Å²) in [5.41, 5.74) is 4.57. The normalized spacial score (nSPS) is 18.9. The van der Waals surface area contributed by atoms with Gasteiger partial charge in [-0.25, -0.2) is 14.7 Å². The Kier molecular flexibility index (Phi) is 6.90. The highest BCUT2D eigenvalue weighted by molar-refractivity contribution is 5.81. The molecule has 2 aromatic rings. The molecule has 174 valence electrons. The van der Waals surface area contributed by atoms with E-state index in [0.717, 1.165) is 27.3 Å². The first-order valence-corrected chi connectivity index (χ1v) is 10.8. The molecule has 0 radical (unpaired) electrons. The van der Waals surface area contributed by atoms with Crippen molar-refractivity contribution >= 4 is 18.0 Å². The van der Waals surface area contributed by atoms with Gasteiger partial charge in [0.05, 0.1) is 0 Å². The van der Waals surface area contributed by atoms with Gasteiger partial charge in [-0.1, -0.05) is 48.5 Å². The third-order valence-corrected chi connectivity index (χ3v) is 6.00. The van der Waals surface area contributed by atoms with Crippen LogP contribution >= 0.6 is 0 Å². The lowest BCUT2D eigenvalue weighted by Gasteiger charge is -2.23. The number of benzene rings is 2. The molecule has 1 aliphatic heterocycles. The summed E-state index contributed by atoms with van der Waals surface area (Å²) in [6.45, 7) is 0.132. The second-order valence-electron chi connectivity index (χ2n) is 8.05. The van der Waals surface area contributed by atoms with Gasteiger partial charge in [0.15, 0.2) is 6.61 Å². The van der Waals surface area contributed by atoms with Crippen LogP contribution in [0.15, 0.2) is 48.5 Å². The molecule has 0 unspecified atom stereocenters. The lowest BCUT2D eigenvalue weighted by Crippen LogP contribution is -2.43. The van der Waals surface area contributed by atoms with Gasteiger partial charge in [-0.2, -0.15) is 0 Å². The smallest absolute Gasteiger partial charge is 0.407 e. The molecule has 0 saturated carbocycles.